The number of methoxy groups -OCH3 is 1. The number of rotatable bonds is 16. The molecule has 66 heavy (non-hydrogen) atoms. The van der Waals surface area contributed by atoms with Gasteiger partial charge in [0.05, 0.1) is 41.7 Å². The topological polar surface area (TPSA) is 144 Å². The highest BCUT2D eigenvalue weighted by molar-refractivity contribution is 6.74. The second-order valence-corrected chi connectivity index (χ2v) is 25.5. The molecule has 0 bridgehead atoms. The molecule has 17 heteroatoms. The van der Waals surface area contributed by atoms with Crippen LogP contribution in [0.25, 0.3) is 22.4 Å². The first-order valence-electron chi connectivity index (χ1n) is 22.2. The van der Waals surface area contributed by atoms with Gasteiger partial charge in [0, 0.05) is 66.7 Å². The van der Waals surface area contributed by atoms with Crippen molar-refractivity contribution in [3.05, 3.63) is 87.9 Å². The van der Waals surface area contributed by atoms with Crippen molar-refractivity contribution in [1.29, 1.82) is 0 Å². The molecule has 0 radical (unpaired) electrons. The third-order valence-electron chi connectivity index (χ3n) is 11.4. The average Bonchev–Trinajstić information content (AvgIpc) is 3.63. The summed E-state index contributed by atoms with van der Waals surface area (Å²) in [5.41, 5.74) is 2.30. The van der Waals surface area contributed by atoms with Gasteiger partial charge < -0.3 is 39.1 Å². The fourth-order valence-corrected chi connectivity index (χ4v) is 8.55. The van der Waals surface area contributed by atoms with Gasteiger partial charge >= 0.3 is 12.2 Å². The zero-order valence-electron chi connectivity index (χ0n) is 40.3. The molecule has 1 aliphatic rings. The number of anilines is 2. The van der Waals surface area contributed by atoms with E-state index in [-0.39, 0.29) is 53.1 Å². The number of pyridine rings is 2. The van der Waals surface area contributed by atoms with Crippen LogP contribution in [0.4, 0.5) is 25.5 Å². The third-order valence-corrected chi connectivity index (χ3v) is 16.8. The average molecular weight is 968 g/mol. The number of benzene rings is 2. The standard InChI is InChI=1S/C49H65Cl2FN6O7Si/c1-47(2,3)64-45(60)57(30-34-18-19-39(59)55-34)25-22-31-16-17-32(28-38(31)62-10)43-41(51)36(21-24-53-43)35-14-13-15-37(40(35)50)56-44-42(52)33(20-23-54-44)29-58(46(61)65-48(4,5)6)26-27-63-66(11,12)49(7,8)9/h13-17,20-21,23-24,28,34H,18-19,22,25-27,29-30H2,1-12H3,(H,54,56)(H,55,59)/t34-/m0/s1. The molecule has 358 valence electrons. The number of carbonyl (C=O) groups excluding carboxylic acids is 3. The summed E-state index contributed by atoms with van der Waals surface area (Å²) in [5, 5.41) is 6.56. The summed E-state index contributed by atoms with van der Waals surface area (Å²) in [5.74, 6) is -0.191. The van der Waals surface area contributed by atoms with Gasteiger partial charge in [-0.2, -0.15) is 0 Å². The van der Waals surface area contributed by atoms with Gasteiger partial charge in [-0.15, -0.1) is 0 Å². The number of aromatic nitrogens is 2. The first-order chi connectivity index (χ1) is 30.8. The van der Waals surface area contributed by atoms with Gasteiger partial charge in [0.1, 0.15) is 17.0 Å². The van der Waals surface area contributed by atoms with Crippen molar-refractivity contribution in [2.24, 2.45) is 0 Å². The molecule has 1 fully saturated rings. The molecule has 1 aliphatic heterocycles. The Morgan fingerprint density at radius 2 is 1.52 bits per heavy atom. The number of carbonyl (C=O) groups is 3. The second-order valence-electron chi connectivity index (χ2n) is 20.0. The minimum absolute atomic E-state index is 0.0260. The Morgan fingerprint density at radius 1 is 0.864 bits per heavy atom. The van der Waals surface area contributed by atoms with E-state index in [1.165, 1.54) is 17.2 Å². The Bertz CT molecular complexity index is 2380. The summed E-state index contributed by atoms with van der Waals surface area (Å²) in [6, 6.07) is 14.0. The Hall–Kier alpha value is -4.96. The molecule has 0 aliphatic carbocycles. The summed E-state index contributed by atoms with van der Waals surface area (Å²) in [6.45, 7) is 22.5. The van der Waals surface area contributed by atoms with Crippen molar-refractivity contribution in [3.8, 4) is 28.1 Å². The fourth-order valence-electron chi connectivity index (χ4n) is 6.92. The lowest BCUT2D eigenvalue weighted by molar-refractivity contribution is -0.119. The van der Waals surface area contributed by atoms with Crippen LogP contribution in [-0.4, -0.2) is 96.8 Å². The first-order valence-corrected chi connectivity index (χ1v) is 25.8. The van der Waals surface area contributed by atoms with Gasteiger partial charge in [-0.1, -0.05) is 68.2 Å². The van der Waals surface area contributed by atoms with E-state index in [9.17, 15) is 14.4 Å². The number of nitrogens with zero attached hydrogens (tertiary/aromatic N) is 4. The number of hydrogen-bond donors (Lipinski definition) is 2. The molecule has 2 aromatic carbocycles. The zero-order chi connectivity index (χ0) is 48.8. The van der Waals surface area contributed by atoms with Crippen molar-refractivity contribution >= 4 is 61.1 Å². The molecule has 2 N–H and O–H groups in total. The monoisotopic (exact) mass is 966 g/mol. The Labute approximate surface area is 400 Å². The molecule has 4 aromatic rings. The van der Waals surface area contributed by atoms with Crippen molar-refractivity contribution in [2.75, 3.05) is 38.7 Å². The second kappa shape index (κ2) is 21.3. The van der Waals surface area contributed by atoms with Crippen molar-refractivity contribution in [2.45, 2.75) is 123 Å². The van der Waals surface area contributed by atoms with Crippen LogP contribution in [0.2, 0.25) is 28.2 Å². The highest BCUT2D eigenvalue weighted by Gasteiger charge is 2.37. The largest absolute Gasteiger partial charge is 0.496 e. The lowest BCUT2D eigenvalue weighted by Gasteiger charge is -2.37. The summed E-state index contributed by atoms with van der Waals surface area (Å²) in [6.07, 6.45) is 3.58. The predicted molar refractivity (Wildman–Crippen MR) is 262 cm³/mol. The van der Waals surface area contributed by atoms with E-state index in [1.54, 1.807) is 63.2 Å². The van der Waals surface area contributed by atoms with Crippen LogP contribution in [0.5, 0.6) is 5.75 Å². The Balaban J connectivity index is 1.36. The molecule has 1 atom stereocenters. The van der Waals surface area contributed by atoms with Crippen LogP contribution in [0.15, 0.2) is 60.9 Å². The zero-order valence-corrected chi connectivity index (χ0v) is 42.8. The number of ether oxygens (including phenoxy) is 3. The van der Waals surface area contributed by atoms with Gasteiger partial charge in [-0.25, -0.2) is 19.0 Å². The number of halogens is 3. The Kier molecular flexibility index (Phi) is 16.8. The number of amides is 3. The van der Waals surface area contributed by atoms with Crippen molar-refractivity contribution in [1.82, 2.24) is 25.1 Å². The van der Waals surface area contributed by atoms with E-state index in [4.69, 9.17) is 41.8 Å². The van der Waals surface area contributed by atoms with Crippen molar-refractivity contribution < 1.29 is 37.4 Å². The molecule has 0 unspecified atom stereocenters. The minimum atomic E-state index is -2.12. The maximum atomic E-state index is 16.4. The highest BCUT2D eigenvalue weighted by atomic mass is 35.5. The summed E-state index contributed by atoms with van der Waals surface area (Å²) in [4.78, 5) is 50.5. The first kappa shape index (κ1) is 52.0. The molecule has 13 nitrogen and oxygen atoms in total. The van der Waals surface area contributed by atoms with Gasteiger partial charge in [0.15, 0.2) is 20.0 Å². The smallest absolute Gasteiger partial charge is 0.410 e. The van der Waals surface area contributed by atoms with Crippen LogP contribution >= 0.6 is 23.2 Å². The Morgan fingerprint density at radius 3 is 2.14 bits per heavy atom. The van der Waals surface area contributed by atoms with Gasteiger partial charge in [-0.05, 0) is 102 Å². The van der Waals surface area contributed by atoms with Crippen LogP contribution < -0.4 is 15.4 Å². The molecule has 0 spiro atoms. The van der Waals surface area contributed by atoms with Crippen LogP contribution in [0, 0.1) is 5.82 Å². The van der Waals surface area contributed by atoms with E-state index in [0.29, 0.717) is 71.2 Å². The maximum absolute atomic E-state index is 16.4. The van der Waals surface area contributed by atoms with E-state index >= 15 is 4.39 Å². The number of nitrogens with one attached hydrogen (secondary N) is 2. The van der Waals surface area contributed by atoms with E-state index in [2.05, 4.69) is 54.5 Å². The number of hydrogen-bond acceptors (Lipinski definition) is 10. The summed E-state index contributed by atoms with van der Waals surface area (Å²) >= 11 is 14.2. The molecule has 0 saturated carbocycles. The third kappa shape index (κ3) is 13.8. The maximum Gasteiger partial charge on any atom is 0.410 e. The van der Waals surface area contributed by atoms with E-state index in [0.717, 1.165) is 5.56 Å². The van der Waals surface area contributed by atoms with Crippen molar-refractivity contribution in [3.63, 3.8) is 0 Å². The van der Waals surface area contributed by atoms with E-state index in [1.807, 2.05) is 39.0 Å². The molecule has 3 heterocycles. The van der Waals surface area contributed by atoms with Crippen LogP contribution in [0.3, 0.4) is 0 Å². The minimum Gasteiger partial charge on any atom is -0.496 e. The normalized spacial score (nSPS) is 14.4. The molecule has 5 rings (SSSR count). The van der Waals surface area contributed by atoms with Gasteiger partial charge in [0.25, 0.3) is 0 Å². The quantitative estimate of drug-likeness (QED) is 0.104. The van der Waals surface area contributed by atoms with Crippen LogP contribution in [-0.2, 0) is 31.7 Å². The lowest BCUT2D eigenvalue weighted by Crippen LogP contribution is -2.45. The summed E-state index contributed by atoms with van der Waals surface area (Å²) in [7, 11) is -0.546. The molecule has 1 saturated heterocycles. The van der Waals surface area contributed by atoms with Gasteiger partial charge in [0.2, 0.25) is 5.91 Å². The van der Waals surface area contributed by atoms with E-state index < -0.39 is 37.5 Å². The summed E-state index contributed by atoms with van der Waals surface area (Å²) < 4.78 is 40.0. The van der Waals surface area contributed by atoms with Crippen LogP contribution in [0.1, 0.15) is 86.3 Å². The molecular weight excluding hydrogens is 903 g/mol. The SMILES string of the molecule is COc1cc(-c2nccc(-c3cccc(Nc4nccc(CN(CCO[Si](C)(C)C(C)(C)C)C(=O)OC(C)(C)C)c4F)c3Cl)c2Cl)ccc1CCN(C[C@@H]1CCC(=O)N1)C(=O)OC(C)(C)C. The highest BCUT2D eigenvalue weighted by Crippen LogP contribution is 2.42. The lowest BCUT2D eigenvalue weighted by atomic mass is 10.0. The molecule has 3 amide bonds. The fraction of sp³-hybridized carbons (Fsp3) is 0.490. The molecular formula is C49H65Cl2FN6O7Si. The van der Waals surface area contributed by atoms with Gasteiger partial charge in [-0.3, -0.25) is 9.78 Å². The predicted octanol–water partition coefficient (Wildman–Crippen LogP) is 11.8. The molecule has 2 aromatic heterocycles.